The molecule has 1 aromatic heterocycles. The van der Waals surface area contributed by atoms with Gasteiger partial charge in [0.15, 0.2) is 11.5 Å². The number of carbonyl (C=O) groups excluding carboxylic acids is 2. The van der Waals surface area contributed by atoms with Crippen LogP contribution in [0.2, 0.25) is 0 Å². The van der Waals surface area contributed by atoms with E-state index >= 15 is 0 Å². The van der Waals surface area contributed by atoms with Gasteiger partial charge < -0.3 is 19.5 Å². The van der Waals surface area contributed by atoms with Crippen LogP contribution in [0.3, 0.4) is 0 Å². The lowest BCUT2D eigenvalue weighted by Gasteiger charge is -2.23. The van der Waals surface area contributed by atoms with Crippen LogP contribution in [0.1, 0.15) is 46.0 Å². The van der Waals surface area contributed by atoms with Crippen LogP contribution in [-0.2, 0) is 13.1 Å². The van der Waals surface area contributed by atoms with Crippen molar-refractivity contribution < 1.29 is 18.8 Å². The first kappa shape index (κ1) is 22.1. The van der Waals surface area contributed by atoms with Gasteiger partial charge in [0.25, 0.3) is 11.8 Å². The fraction of sp³-hybridized carbons (Fsp3) is 0.292. The Bertz CT molecular complexity index is 997. The Kier molecular flexibility index (Phi) is 7.43. The van der Waals surface area contributed by atoms with Crippen molar-refractivity contribution in [2.45, 2.75) is 26.9 Å². The number of aromatic nitrogens is 1. The van der Waals surface area contributed by atoms with Crippen molar-refractivity contribution in [1.29, 1.82) is 0 Å². The predicted octanol–water partition coefficient (Wildman–Crippen LogP) is 3.91. The molecule has 3 rings (SSSR count). The van der Waals surface area contributed by atoms with Crippen molar-refractivity contribution in [3.63, 3.8) is 0 Å². The van der Waals surface area contributed by atoms with E-state index in [4.69, 9.17) is 9.26 Å². The Morgan fingerprint density at radius 3 is 2.45 bits per heavy atom. The Labute approximate surface area is 182 Å². The van der Waals surface area contributed by atoms with Crippen LogP contribution < -0.4 is 10.1 Å². The maximum atomic E-state index is 12.9. The average molecular weight is 421 g/mol. The summed E-state index contributed by atoms with van der Waals surface area (Å²) in [7, 11) is 1.61. The molecular weight excluding hydrogens is 394 g/mol. The molecule has 3 aromatic rings. The normalized spacial score (nSPS) is 10.7. The van der Waals surface area contributed by atoms with E-state index in [0.717, 1.165) is 11.3 Å². The maximum Gasteiger partial charge on any atom is 0.273 e. The highest BCUT2D eigenvalue weighted by Gasteiger charge is 2.20. The van der Waals surface area contributed by atoms with E-state index in [1.165, 1.54) is 0 Å². The molecule has 0 saturated carbocycles. The molecule has 31 heavy (non-hydrogen) atoms. The van der Waals surface area contributed by atoms with Gasteiger partial charge in [0.1, 0.15) is 5.75 Å². The molecule has 0 spiro atoms. The number of ether oxygens (including phenoxy) is 1. The third kappa shape index (κ3) is 6.18. The Morgan fingerprint density at radius 1 is 1.10 bits per heavy atom. The highest BCUT2D eigenvalue weighted by molar-refractivity contribution is 5.94. The third-order valence-corrected chi connectivity index (χ3v) is 4.64. The number of amides is 2. The number of methoxy groups -OCH3 is 1. The van der Waals surface area contributed by atoms with Gasteiger partial charge >= 0.3 is 0 Å². The monoisotopic (exact) mass is 421 g/mol. The number of nitrogens with one attached hydrogen (secondary N) is 1. The molecule has 0 saturated heterocycles. The molecule has 162 valence electrons. The number of rotatable bonds is 9. The molecule has 0 aliphatic carbocycles. The molecule has 2 aromatic carbocycles. The summed E-state index contributed by atoms with van der Waals surface area (Å²) >= 11 is 0. The molecule has 0 radical (unpaired) electrons. The zero-order chi connectivity index (χ0) is 22.2. The molecule has 1 heterocycles. The highest BCUT2D eigenvalue weighted by atomic mass is 16.5. The van der Waals surface area contributed by atoms with Gasteiger partial charge in [-0.25, -0.2) is 0 Å². The molecule has 7 nitrogen and oxygen atoms in total. The van der Waals surface area contributed by atoms with E-state index in [-0.39, 0.29) is 30.0 Å². The average Bonchev–Trinajstić information content (AvgIpc) is 3.26. The number of benzene rings is 2. The van der Waals surface area contributed by atoms with Crippen LogP contribution in [0.4, 0.5) is 0 Å². The number of hydrogen-bond donors (Lipinski definition) is 1. The van der Waals surface area contributed by atoms with Crippen LogP contribution in [0.15, 0.2) is 65.2 Å². The first-order valence-corrected chi connectivity index (χ1v) is 10.2. The number of hydrogen-bond acceptors (Lipinski definition) is 5. The van der Waals surface area contributed by atoms with Gasteiger partial charge in [0.2, 0.25) is 0 Å². The predicted molar refractivity (Wildman–Crippen MR) is 117 cm³/mol. The van der Waals surface area contributed by atoms with E-state index in [1.807, 2.05) is 56.3 Å². The summed E-state index contributed by atoms with van der Waals surface area (Å²) in [6.07, 6.45) is 0. The molecule has 0 aliphatic heterocycles. The molecule has 0 fully saturated rings. The van der Waals surface area contributed by atoms with E-state index in [9.17, 15) is 9.59 Å². The Balaban J connectivity index is 1.63. The minimum absolute atomic E-state index is 0.0868. The van der Waals surface area contributed by atoms with Gasteiger partial charge in [0.05, 0.1) is 13.7 Å². The number of nitrogens with zero attached hydrogens (tertiary/aromatic N) is 2. The van der Waals surface area contributed by atoms with Crippen molar-refractivity contribution in [1.82, 2.24) is 15.4 Å². The fourth-order valence-electron chi connectivity index (χ4n) is 3.12. The second-order valence-corrected chi connectivity index (χ2v) is 7.65. The van der Waals surface area contributed by atoms with Crippen LogP contribution in [0.25, 0.3) is 0 Å². The quantitative estimate of drug-likeness (QED) is 0.566. The fourth-order valence-corrected chi connectivity index (χ4v) is 3.12. The molecule has 0 unspecified atom stereocenters. The van der Waals surface area contributed by atoms with Crippen LogP contribution in [-0.4, -0.2) is 35.5 Å². The van der Waals surface area contributed by atoms with Crippen molar-refractivity contribution >= 4 is 11.8 Å². The first-order valence-electron chi connectivity index (χ1n) is 10.2. The van der Waals surface area contributed by atoms with E-state index < -0.39 is 0 Å². The summed E-state index contributed by atoms with van der Waals surface area (Å²) in [6.45, 7) is 5.25. The molecule has 2 amide bonds. The van der Waals surface area contributed by atoms with Gasteiger partial charge in [-0.2, -0.15) is 0 Å². The third-order valence-electron chi connectivity index (χ3n) is 4.64. The van der Waals surface area contributed by atoms with E-state index in [0.29, 0.717) is 24.4 Å². The van der Waals surface area contributed by atoms with Gasteiger partial charge in [-0.1, -0.05) is 49.3 Å². The summed E-state index contributed by atoms with van der Waals surface area (Å²) < 4.78 is 10.5. The van der Waals surface area contributed by atoms with Crippen LogP contribution in [0, 0.1) is 5.92 Å². The maximum absolute atomic E-state index is 12.9. The molecule has 7 heteroatoms. The zero-order valence-corrected chi connectivity index (χ0v) is 18.0. The van der Waals surface area contributed by atoms with E-state index in [1.54, 1.807) is 30.2 Å². The molecule has 0 atom stereocenters. The smallest absolute Gasteiger partial charge is 0.273 e. The van der Waals surface area contributed by atoms with Crippen LogP contribution in [0.5, 0.6) is 5.75 Å². The molecule has 0 aliphatic rings. The lowest BCUT2D eigenvalue weighted by atomic mass is 10.1. The summed E-state index contributed by atoms with van der Waals surface area (Å²) in [5, 5.41) is 6.69. The highest BCUT2D eigenvalue weighted by Crippen LogP contribution is 2.14. The van der Waals surface area contributed by atoms with Crippen molar-refractivity contribution in [2.24, 2.45) is 5.92 Å². The van der Waals surface area contributed by atoms with Gasteiger partial charge in [-0.15, -0.1) is 0 Å². The lowest BCUT2D eigenvalue weighted by Crippen LogP contribution is -2.33. The zero-order valence-electron chi connectivity index (χ0n) is 18.0. The number of carbonyl (C=O) groups is 2. The topological polar surface area (TPSA) is 84.7 Å². The first-order chi connectivity index (χ1) is 15.0. The summed E-state index contributed by atoms with van der Waals surface area (Å²) in [4.78, 5) is 27.0. The lowest BCUT2D eigenvalue weighted by molar-refractivity contribution is 0.0705. The van der Waals surface area contributed by atoms with Crippen molar-refractivity contribution in [3.05, 3.63) is 83.2 Å². The largest absolute Gasteiger partial charge is 0.497 e. The summed E-state index contributed by atoms with van der Waals surface area (Å²) in [5.74, 6) is 1.07. The Hall–Kier alpha value is -3.61. The summed E-state index contributed by atoms with van der Waals surface area (Å²) in [5.41, 5.74) is 1.73. The minimum atomic E-state index is -0.337. The second-order valence-electron chi connectivity index (χ2n) is 7.65. The summed E-state index contributed by atoms with van der Waals surface area (Å²) in [6, 6.07) is 18.1. The molecule has 0 bridgehead atoms. The van der Waals surface area contributed by atoms with Gasteiger partial charge in [0, 0.05) is 24.7 Å². The van der Waals surface area contributed by atoms with Crippen LogP contribution >= 0.6 is 0 Å². The Morgan fingerprint density at radius 2 is 1.81 bits per heavy atom. The standard InChI is InChI=1S/C24H27N3O4/c1-17(2)15-27(24(29)19-7-5-4-6-8-19)16-21-13-22(26-31-21)23(28)25-14-18-9-11-20(30-3)12-10-18/h4-13,17H,14-16H2,1-3H3,(H,25,28). The van der Waals surface area contributed by atoms with Crippen molar-refractivity contribution in [2.75, 3.05) is 13.7 Å². The SMILES string of the molecule is COc1ccc(CNC(=O)c2cc(CN(CC(C)C)C(=O)c3ccccc3)on2)cc1. The second kappa shape index (κ2) is 10.4. The molecule has 1 N–H and O–H groups in total. The van der Waals surface area contributed by atoms with Gasteiger partial charge in [-0.3, -0.25) is 9.59 Å². The van der Waals surface area contributed by atoms with Gasteiger partial charge in [-0.05, 0) is 35.7 Å². The van der Waals surface area contributed by atoms with E-state index in [2.05, 4.69) is 10.5 Å². The molecular formula is C24H27N3O4. The van der Waals surface area contributed by atoms with Crippen molar-refractivity contribution in [3.8, 4) is 5.75 Å². The minimum Gasteiger partial charge on any atom is -0.497 e.